The number of fused-ring (bicyclic) bond motifs is 1. The molecule has 0 saturated heterocycles. The Balaban J connectivity index is 1.61. The van der Waals surface area contributed by atoms with Crippen LogP contribution in [0.1, 0.15) is 30.9 Å². The van der Waals surface area contributed by atoms with Gasteiger partial charge in [-0.2, -0.15) is 5.10 Å². The molecular formula is C19H23N7O2. The highest BCUT2D eigenvalue weighted by atomic mass is 16.2. The van der Waals surface area contributed by atoms with Gasteiger partial charge in [0.1, 0.15) is 18.2 Å². The van der Waals surface area contributed by atoms with E-state index in [1.165, 1.54) is 6.33 Å². The van der Waals surface area contributed by atoms with Crippen molar-refractivity contribution < 1.29 is 9.59 Å². The Morgan fingerprint density at radius 3 is 3.04 bits per heavy atom. The minimum absolute atomic E-state index is 0.0303. The van der Waals surface area contributed by atoms with E-state index in [4.69, 9.17) is 0 Å². The number of hydrogen-bond donors (Lipinski definition) is 2. The van der Waals surface area contributed by atoms with Gasteiger partial charge in [0.05, 0.1) is 12.7 Å². The molecule has 2 aromatic rings. The summed E-state index contributed by atoms with van der Waals surface area (Å²) in [5.41, 5.74) is 1.03. The highest BCUT2D eigenvalue weighted by molar-refractivity contribution is 5.99. The van der Waals surface area contributed by atoms with Crippen LogP contribution in [-0.4, -0.2) is 42.4 Å². The van der Waals surface area contributed by atoms with Crippen LogP contribution in [0.25, 0.3) is 0 Å². The molecule has 1 atom stereocenters. The molecule has 2 N–H and O–H groups in total. The van der Waals surface area contributed by atoms with Crippen LogP contribution >= 0.6 is 0 Å². The predicted molar refractivity (Wildman–Crippen MR) is 104 cm³/mol. The second kappa shape index (κ2) is 8.94. The summed E-state index contributed by atoms with van der Waals surface area (Å²) in [5, 5.41) is 13.8. The smallest absolute Gasteiger partial charge is 0.291 e. The Labute approximate surface area is 162 Å². The molecule has 0 aliphatic carbocycles. The lowest BCUT2D eigenvalue weighted by Crippen LogP contribution is -2.43. The number of aromatic nitrogens is 5. The standard InChI is InChI=1S/C19H23N7O2/c1-3-5-6-7-14(4-2)12-25-13-20-17(24-25)19(28)22-15-9-11-26-16(8-10-21-26)23-18(15)27/h3-8,10,13,15H,9,11-12H2,1-2H3,(H,22,28)(H,23,27)/b5-3-,7-6-,14-4+/t15-/m0/s1. The van der Waals surface area contributed by atoms with E-state index in [0.717, 1.165) is 5.57 Å². The molecule has 3 heterocycles. The lowest BCUT2D eigenvalue weighted by molar-refractivity contribution is -0.118. The summed E-state index contributed by atoms with van der Waals surface area (Å²) in [4.78, 5) is 28.9. The Kier molecular flexibility index (Phi) is 6.15. The summed E-state index contributed by atoms with van der Waals surface area (Å²) >= 11 is 0. The number of hydrogen-bond acceptors (Lipinski definition) is 5. The van der Waals surface area contributed by atoms with Gasteiger partial charge in [-0.15, -0.1) is 5.10 Å². The van der Waals surface area contributed by atoms with Crippen molar-refractivity contribution in [2.45, 2.75) is 39.4 Å². The third kappa shape index (κ3) is 4.61. The molecule has 3 rings (SSSR count). The first-order valence-corrected chi connectivity index (χ1v) is 9.08. The number of carbonyl (C=O) groups excluding carboxylic acids is 2. The van der Waals surface area contributed by atoms with Gasteiger partial charge < -0.3 is 10.6 Å². The lowest BCUT2D eigenvalue weighted by atomic mass is 10.2. The van der Waals surface area contributed by atoms with Crippen LogP contribution in [0.15, 0.2) is 54.5 Å². The van der Waals surface area contributed by atoms with Gasteiger partial charge in [0, 0.05) is 12.6 Å². The van der Waals surface area contributed by atoms with Gasteiger partial charge >= 0.3 is 0 Å². The van der Waals surface area contributed by atoms with E-state index in [-0.39, 0.29) is 11.7 Å². The molecule has 0 saturated carbocycles. The van der Waals surface area contributed by atoms with Crippen molar-refractivity contribution in [3.05, 3.63) is 60.4 Å². The van der Waals surface area contributed by atoms with Gasteiger partial charge in [0.25, 0.3) is 5.91 Å². The third-order valence-electron chi connectivity index (χ3n) is 4.29. The number of rotatable bonds is 6. The monoisotopic (exact) mass is 381 g/mol. The summed E-state index contributed by atoms with van der Waals surface area (Å²) in [6.07, 6.45) is 13.3. The Morgan fingerprint density at radius 2 is 2.25 bits per heavy atom. The van der Waals surface area contributed by atoms with E-state index in [1.807, 2.05) is 44.2 Å². The molecule has 0 spiro atoms. The average Bonchev–Trinajstić information content (AvgIpc) is 3.31. The highest BCUT2D eigenvalue weighted by Gasteiger charge is 2.26. The molecule has 9 heteroatoms. The maximum absolute atomic E-state index is 12.5. The first-order valence-electron chi connectivity index (χ1n) is 9.08. The van der Waals surface area contributed by atoms with Crippen molar-refractivity contribution >= 4 is 17.6 Å². The molecule has 1 aliphatic rings. The van der Waals surface area contributed by atoms with Crippen molar-refractivity contribution in [1.29, 1.82) is 0 Å². The van der Waals surface area contributed by atoms with Crippen molar-refractivity contribution in [1.82, 2.24) is 29.9 Å². The Bertz CT molecular complexity index is 936. The van der Waals surface area contributed by atoms with E-state index in [9.17, 15) is 9.59 Å². The van der Waals surface area contributed by atoms with Crippen LogP contribution < -0.4 is 10.6 Å². The van der Waals surface area contributed by atoms with Crippen LogP contribution in [0.2, 0.25) is 0 Å². The Hall–Kier alpha value is -3.49. The lowest BCUT2D eigenvalue weighted by Gasteiger charge is -2.13. The maximum Gasteiger partial charge on any atom is 0.291 e. The van der Waals surface area contributed by atoms with Crippen LogP contribution in [0.4, 0.5) is 5.82 Å². The number of nitrogens with one attached hydrogen (secondary N) is 2. The summed E-state index contributed by atoms with van der Waals surface area (Å²) in [6, 6.07) is 1.05. The first-order chi connectivity index (χ1) is 13.6. The fraction of sp³-hybridized carbons (Fsp3) is 0.316. The minimum atomic E-state index is -0.670. The molecule has 146 valence electrons. The third-order valence-corrected chi connectivity index (χ3v) is 4.29. The van der Waals surface area contributed by atoms with Gasteiger partial charge in [0.2, 0.25) is 11.7 Å². The summed E-state index contributed by atoms with van der Waals surface area (Å²) in [6.45, 7) is 4.91. The van der Waals surface area contributed by atoms with Crippen LogP contribution in [0.5, 0.6) is 0 Å². The van der Waals surface area contributed by atoms with Gasteiger partial charge in [-0.25, -0.2) is 14.3 Å². The van der Waals surface area contributed by atoms with E-state index in [1.54, 1.807) is 21.6 Å². The fourth-order valence-corrected chi connectivity index (χ4v) is 2.77. The van der Waals surface area contributed by atoms with E-state index < -0.39 is 11.9 Å². The zero-order valence-corrected chi connectivity index (χ0v) is 15.9. The normalized spacial score (nSPS) is 17.6. The average molecular weight is 381 g/mol. The molecule has 0 aromatic carbocycles. The van der Waals surface area contributed by atoms with Gasteiger partial charge in [-0.05, 0) is 25.8 Å². The first kappa shape index (κ1) is 19.3. The topological polar surface area (TPSA) is 107 Å². The number of carbonyl (C=O) groups is 2. The zero-order valence-electron chi connectivity index (χ0n) is 15.9. The van der Waals surface area contributed by atoms with Gasteiger partial charge in [0.15, 0.2) is 0 Å². The fourth-order valence-electron chi connectivity index (χ4n) is 2.77. The van der Waals surface area contributed by atoms with E-state index >= 15 is 0 Å². The van der Waals surface area contributed by atoms with E-state index in [2.05, 4.69) is 25.8 Å². The van der Waals surface area contributed by atoms with E-state index in [0.29, 0.717) is 25.3 Å². The molecule has 2 amide bonds. The Morgan fingerprint density at radius 1 is 1.39 bits per heavy atom. The molecule has 1 aliphatic heterocycles. The second-order valence-electron chi connectivity index (χ2n) is 6.26. The molecule has 2 aromatic heterocycles. The number of nitrogens with zero attached hydrogens (tertiary/aromatic N) is 5. The predicted octanol–water partition coefficient (Wildman–Crippen LogP) is 1.69. The quantitative estimate of drug-likeness (QED) is 0.741. The van der Waals surface area contributed by atoms with Crippen molar-refractivity contribution in [3.63, 3.8) is 0 Å². The van der Waals surface area contributed by atoms with Crippen LogP contribution in [-0.2, 0) is 17.9 Å². The molecule has 0 fully saturated rings. The molecule has 0 radical (unpaired) electrons. The molecule has 9 nitrogen and oxygen atoms in total. The molecule has 0 unspecified atom stereocenters. The summed E-state index contributed by atoms with van der Waals surface area (Å²) in [7, 11) is 0. The van der Waals surface area contributed by atoms with Gasteiger partial charge in [-0.1, -0.05) is 30.4 Å². The summed E-state index contributed by atoms with van der Waals surface area (Å²) < 4.78 is 3.28. The molecule has 28 heavy (non-hydrogen) atoms. The number of allylic oxidation sites excluding steroid dienone is 6. The zero-order chi connectivity index (χ0) is 19.9. The van der Waals surface area contributed by atoms with Crippen LogP contribution in [0.3, 0.4) is 0 Å². The SMILES string of the molecule is C\C=C/C=C\C(=C/C)Cn1cnc(C(=O)N[C@H]2CCn3nccc3NC2=O)n1. The largest absolute Gasteiger partial charge is 0.337 e. The van der Waals surface area contributed by atoms with Crippen molar-refractivity contribution in [2.75, 3.05) is 5.32 Å². The number of aryl methyl sites for hydroxylation is 1. The summed E-state index contributed by atoms with van der Waals surface area (Å²) in [5.74, 6) is -0.112. The van der Waals surface area contributed by atoms with Crippen molar-refractivity contribution in [2.24, 2.45) is 0 Å². The molecule has 0 bridgehead atoms. The maximum atomic E-state index is 12.5. The van der Waals surface area contributed by atoms with Gasteiger partial charge in [-0.3, -0.25) is 9.59 Å². The highest BCUT2D eigenvalue weighted by Crippen LogP contribution is 2.13. The number of anilines is 1. The van der Waals surface area contributed by atoms with Crippen LogP contribution in [0, 0.1) is 0 Å². The number of amides is 2. The minimum Gasteiger partial charge on any atom is -0.337 e. The van der Waals surface area contributed by atoms with Crippen molar-refractivity contribution in [3.8, 4) is 0 Å². The second-order valence-corrected chi connectivity index (χ2v) is 6.26. The molecular weight excluding hydrogens is 358 g/mol.